The molecule has 0 rings (SSSR count). The maximum absolute atomic E-state index is 2.36. The summed E-state index contributed by atoms with van der Waals surface area (Å²) in [6.45, 7) is 6.63. The Morgan fingerprint density at radius 3 is 2.25 bits per heavy atom. The Morgan fingerprint density at radius 1 is 1.00 bits per heavy atom. The topological polar surface area (TPSA) is 0 Å². The molecule has 0 atom stereocenters. The Morgan fingerprint density at radius 2 is 1.75 bits per heavy atom. The van der Waals surface area contributed by atoms with Gasteiger partial charge < -0.3 is 0 Å². The highest BCUT2D eigenvalue weighted by atomic mass is 14.0. The Bertz CT molecular complexity index is 140. The van der Waals surface area contributed by atoms with Crippen LogP contribution in [0.5, 0.6) is 0 Å². The molecule has 0 aromatic rings. The minimum absolute atomic E-state index is 1.17. The maximum atomic E-state index is 2.36. The molecule has 0 saturated heterocycles. The monoisotopic (exact) mass is 166 g/mol. The average molecular weight is 166 g/mol. The van der Waals surface area contributed by atoms with E-state index in [0.29, 0.717) is 0 Å². The van der Waals surface area contributed by atoms with E-state index in [1.807, 2.05) is 0 Å². The molecule has 0 aromatic heterocycles. The van der Waals surface area contributed by atoms with Gasteiger partial charge in [-0.1, -0.05) is 44.6 Å². The van der Waals surface area contributed by atoms with Crippen LogP contribution in [-0.4, -0.2) is 0 Å². The van der Waals surface area contributed by atoms with Gasteiger partial charge in [-0.05, 0) is 32.1 Å². The summed E-state index contributed by atoms with van der Waals surface area (Å²) in [6, 6.07) is 0. The lowest BCUT2D eigenvalue weighted by Crippen LogP contribution is -1.80. The van der Waals surface area contributed by atoms with Gasteiger partial charge in [0, 0.05) is 0 Å². The molecule has 0 aliphatic rings. The zero-order valence-electron chi connectivity index (χ0n) is 8.77. The number of allylic oxidation sites excluding steroid dienone is 4. The second-order valence-corrected chi connectivity index (χ2v) is 3.04. The van der Waals surface area contributed by atoms with Crippen LogP contribution in [0.3, 0.4) is 0 Å². The lowest BCUT2D eigenvalue weighted by molar-refractivity contribution is 0.891. The van der Waals surface area contributed by atoms with Crippen LogP contribution in [0.15, 0.2) is 23.8 Å². The molecule has 0 nitrogen and oxygen atoms in total. The van der Waals surface area contributed by atoms with Gasteiger partial charge in [0.2, 0.25) is 0 Å². The molecular formula is C12H22. The van der Waals surface area contributed by atoms with Crippen LogP contribution in [0, 0.1) is 0 Å². The van der Waals surface area contributed by atoms with E-state index in [0.717, 1.165) is 0 Å². The summed E-state index contributed by atoms with van der Waals surface area (Å²) in [5.41, 5.74) is 1.61. The molecule has 0 fully saturated rings. The second kappa shape index (κ2) is 8.58. The summed E-state index contributed by atoms with van der Waals surface area (Å²) in [6.07, 6.45) is 12.9. The quantitative estimate of drug-likeness (QED) is 0.510. The predicted octanol–water partition coefficient (Wildman–Crippen LogP) is 4.48. The third kappa shape index (κ3) is 6.21. The first-order chi connectivity index (χ1) is 5.85. The van der Waals surface area contributed by atoms with Crippen molar-refractivity contribution in [1.82, 2.24) is 0 Å². The van der Waals surface area contributed by atoms with Gasteiger partial charge in [0.05, 0.1) is 0 Å². The second-order valence-electron chi connectivity index (χ2n) is 3.04. The number of hydrogen-bond donors (Lipinski definition) is 0. The zero-order valence-corrected chi connectivity index (χ0v) is 8.77. The van der Waals surface area contributed by atoms with E-state index in [-0.39, 0.29) is 0 Å². The molecule has 0 aromatic carbocycles. The van der Waals surface area contributed by atoms with Gasteiger partial charge in [0.25, 0.3) is 0 Å². The van der Waals surface area contributed by atoms with Gasteiger partial charge in [0.1, 0.15) is 0 Å². The summed E-state index contributed by atoms with van der Waals surface area (Å²) < 4.78 is 0. The molecule has 0 amide bonds. The molecule has 0 heteroatoms. The molecule has 12 heavy (non-hydrogen) atoms. The van der Waals surface area contributed by atoms with Gasteiger partial charge in [-0.2, -0.15) is 0 Å². The SMILES string of the molecule is CCC=CCCC(=CCC)CC. The smallest absolute Gasteiger partial charge is 0.0286 e. The molecular weight excluding hydrogens is 144 g/mol. The molecule has 0 aliphatic carbocycles. The fourth-order valence-corrected chi connectivity index (χ4v) is 1.27. The number of hydrogen-bond acceptors (Lipinski definition) is 0. The molecule has 0 spiro atoms. The highest BCUT2D eigenvalue weighted by Gasteiger charge is 1.90. The van der Waals surface area contributed by atoms with Gasteiger partial charge in [-0.25, -0.2) is 0 Å². The largest absolute Gasteiger partial charge is 0.0888 e. The summed E-state index contributed by atoms with van der Waals surface area (Å²) in [7, 11) is 0. The van der Waals surface area contributed by atoms with Crippen molar-refractivity contribution in [3.8, 4) is 0 Å². The van der Waals surface area contributed by atoms with Crippen LogP contribution >= 0.6 is 0 Å². The average Bonchev–Trinajstić information content (AvgIpc) is 2.10. The highest BCUT2D eigenvalue weighted by molar-refractivity contribution is 5.02. The molecule has 0 aliphatic heterocycles. The predicted molar refractivity (Wildman–Crippen MR) is 57.3 cm³/mol. The normalized spacial score (nSPS) is 12.8. The highest BCUT2D eigenvalue weighted by Crippen LogP contribution is 2.10. The molecule has 0 bridgehead atoms. The minimum atomic E-state index is 1.17. The first kappa shape index (κ1) is 11.5. The van der Waals surface area contributed by atoms with E-state index in [4.69, 9.17) is 0 Å². The lowest BCUT2D eigenvalue weighted by Gasteiger charge is -2.00. The summed E-state index contributed by atoms with van der Waals surface area (Å²) in [5.74, 6) is 0. The fourth-order valence-electron chi connectivity index (χ4n) is 1.27. The molecule has 70 valence electrons. The van der Waals surface area contributed by atoms with E-state index in [9.17, 15) is 0 Å². The van der Waals surface area contributed by atoms with Crippen molar-refractivity contribution in [2.45, 2.75) is 52.9 Å². The van der Waals surface area contributed by atoms with Crippen molar-refractivity contribution < 1.29 is 0 Å². The Balaban J connectivity index is 3.58. The molecule has 0 N–H and O–H groups in total. The fraction of sp³-hybridized carbons (Fsp3) is 0.667. The Hall–Kier alpha value is -0.520. The van der Waals surface area contributed by atoms with Crippen molar-refractivity contribution in [3.63, 3.8) is 0 Å². The van der Waals surface area contributed by atoms with Crippen molar-refractivity contribution in [3.05, 3.63) is 23.8 Å². The van der Waals surface area contributed by atoms with Crippen LogP contribution in [0.4, 0.5) is 0 Å². The summed E-state index contributed by atoms with van der Waals surface area (Å²) in [4.78, 5) is 0. The van der Waals surface area contributed by atoms with Gasteiger partial charge in [-0.3, -0.25) is 0 Å². The van der Waals surface area contributed by atoms with Crippen LogP contribution in [0.1, 0.15) is 52.9 Å². The van der Waals surface area contributed by atoms with Crippen LogP contribution in [0.25, 0.3) is 0 Å². The molecule has 0 heterocycles. The molecule has 0 radical (unpaired) electrons. The Kier molecular flexibility index (Phi) is 8.20. The standard InChI is InChI=1S/C12H22/c1-4-7-8-9-11-12(6-3)10-5-2/h7-8,10H,4-6,9,11H2,1-3H3. The van der Waals surface area contributed by atoms with E-state index < -0.39 is 0 Å². The van der Waals surface area contributed by atoms with Crippen molar-refractivity contribution in [2.24, 2.45) is 0 Å². The Labute approximate surface area is 77.4 Å². The zero-order chi connectivity index (χ0) is 9.23. The first-order valence-corrected chi connectivity index (χ1v) is 5.18. The van der Waals surface area contributed by atoms with E-state index >= 15 is 0 Å². The maximum Gasteiger partial charge on any atom is -0.0286 e. The third-order valence-corrected chi connectivity index (χ3v) is 1.98. The van der Waals surface area contributed by atoms with E-state index in [1.54, 1.807) is 5.57 Å². The molecule has 0 unspecified atom stereocenters. The summed E-state index contributed by atoms with van der Waals surface area (Å²) >= 11 is 0. The van der Waals surface area contributed by atoms with Crippen LogP contribution in [-0.2, 0) is 0 Å². The van der Waals surface area contributed by atoms with Crippen molar-refractivity contribution in [1.29, 1.82) is 0 Å². The van der Waals surface area contributed by atoms with E-state index in [2.05, 4.69) is 39.0 Å². The number of rotatable bonds is 6. The molecule has 0 saturated carbocycles. The van der Waals surface area contributed by atoms with Crippen molar-refractivity contribution >= 4 is 0 Å². The lowest BCUT2D eigenvalue weighted by atomic mass is 10.1. The van der Waals surface area contributed by atoms with Crippen LogP contribution in [0.2, 0.25) is 0 Å². The summed E-state index contributed by atoms with van der Waals surface area (Å²) in [5, 5.41) is 0. The first-order valence-electron chi connectivity index (χ1n) is 5.18. The third-order valence-electron chi connectivity index (χ3n) is 1.98. The van der Waals surface area contributed by atoms with Gasteiger partial charge in [-0.15, -0.1) is 0 Å². The van der Waals surface area contributed by atoms with Crippen molar-refractivity contribution in [2.75, 3.05) is 0 Å². The van der Waals surface area contributed by atoms with E-state index in [1.165, 1.54) is 32.1 Å². The van der Waals surface area contributed by atoms with Gasteiger partial charge >= 0.3 is 0 Å². The van der Waals surface area contributed by atoms with Crippen LogP contribution < -0.4 is 0 Å². The van der Waals surface area contributed by atoms with Gasteiger partial charge in [0.15, 0.2) is 0 Å². The minimum Gasteiger partial charge on any atom is -0.0888 e.